The standard InChI is InChI=1S/C17H19N5O4S/c23-14-9-21(13-6-2-1-5-12(13)18-14)15(24)10-27-17-20-19-16(25)22(17)8-11-4-3-7-26-11/h1-2,5-6,11H,3-4,7-10H2,(H,18,23)(H,19,25)/t11-/m1/s1. The van der Waals surface area contributed by atoms with Crippen molar-refractivity contribution in [3.63, 3.8) is 0 Å². The molecule has 142 valence electrons. The Morgan fingerprint density at radius 2 is 2.19 bits per heavy atom. The minimum absolute atomic E-state index is 0.00646. The lowest BCUT2D eigenvalue weighted by molar-refractivity contribution is -0.120. The van der Waals surface area contributed by atoms with Crippen molar-refractivity contribution in [2.75, 3.05) is 29.1 Å². The van der Waals surface area contributed by atoms with Crippen molar-refractivity contribution in [3.8, 4) is 0 Å². The molecule has 2 aromatic rings. The highest BCUT2D eigenvalue weighted by Gasteiger charge is 2.27. The Balaban J connectivity index is 1.46. The molecule has 1 fully saturated rings. The third kappa shape index (κ3) is 3.76. The first-order valence-electron chi connectivity index (χ1n) is 8.70. The molecule has 2 amide bonds. The molecule has 0 radical (unpaired) electrons. The van der Waals surface area contributed by atoms with Gasteiger partial charge in [-0.15, -0.1) is 5.10 Å². The summed E-state index contributed by atoms with van der Waals surface area (Å²) in [6, 6.07) is 7.16. The normalized spacial score (nSPS) is 19.0. The minimum Gasteiger partial charge on any atom is -0.376 e. The number of rotatable bonds is 5. The van der Waals surface area contributed by atoms with Crippen molar-refractivity contribution in [1.29, 1.82) is 0 Å². The Hall–Kier alpha value is -2.59. The predicted molar refractivity (Wildman–Crippen MR) is 100.0 cm³/mol. The average Bonchev–Trinajstić information content (AvgIpc) is 3.30. The lowest BCUT2D eigenvalue weighted by Gasteiger charge is -2.29. The molecule has 2 aliphatic heterocycles. The Labute approximate surface area is 159 Å². The number of H-pyrrole nitrogens is 1. The highest BCUT2D eigenvalue weighted by atomic mass is 32.2. The summed E-state index contributed by atoms with van der Waals surface area (Å²) in [5.74, 6) is -0.388. The molecule has 0 aliphatic carbocycles. The highest BCUT2D eigenvalue weighted by Crippen LogP contribution is 2.29. The van der Waals surface area contributed by atoms with E-state index in [0.717, 1.165) is 12.8 Å². The van der Waals surface area contributed by atoms with Gasteiger partial charge in [-0.1, -0.05) is 23.9 Å². The van der Waals surface area contributed by atoms with E-state index in [1.54, 1.807) is 18.2 Å². The van der Waals surface area contributed by atoms with Gasteiger partial charge in [0.05, 0.1) is 29.8 Å². The van der Waals surface area contributed by atoms with Crippen molar-refractivity contribution < 1.29 is 14.3 Å². The quantitative estimate of drug-likeness (QED) is 0.733. The minimum atomic E-state index is -0.317. The van der Waals surface area contributed by atoms with Crippen LogP contribution in [0.2, 0.25) is 0 Å². The molecule has 1 atom stereocenters. The van der Waals surface area contributed by atoms with E-state index in [0.29, 0.717) is 29.7 Å². The van der Waals surface area contributed by atoms with Crippen LogP contribution in [-0.2, 0) is 20.9 Å². The summed E-state index contributed by atoms with van der Waals surface area (Å²) in [5, 5.41) is 9.64. The number of hydrogen-bond acceptors (Lipinski definition) is 6. The van der Waals surface area contributed by atoms with Gasteiger partial charge in [-0.3, -0.25) is 14.2 Å². The number of carbonyl (C=O) groups excluding carboxylic acids is 2. The SMILES string of the molecule is O=C1CN(C(=O)CSc2n[nH]c(=O)n2C[C@H]2CCCO2)c2ccccc2N1. The van der Waals surface area contributed by atoms with Gasteiger partial charge >= 0.3 is 5.69 Å². The van der Waals surface area contributed by atoms with Gasteiger partial charge < -0.3 is 15.0 Å². The fourth-order valence-electron chi connectivity index (χ4n) is 3.23. The van der Waals surface area contributed by atoms with Crippen LogP contribution in [0.15, 0.2) is 34.2 Å². The van der Waals surface area contributed by atoms with Gasteiger partial charge in [0, 0.05) is 6.61 Å². The number of para-hydroxylation sites is 2. The summed E-state index contributed by atoms with van der Waals surface area (Å²) in [4.78, 5) is 38.1. The molecule has 9 nitrogen and oxygen atoms in total. The fraction of sp³-hybridized carbons (Fsp3) is 0.412. The zero-order valence-electron chi connectivity index (χ0n) is 14.5. The van der Waals surface area contributed by atoms with Gasteiger partial charge in [0.2, 0.25) is 11.8 Å². The number of fused-ring (bicyclic) bond motifs is 1. The number of benzene rings is 1. The number of ether oxygens (including phenoxy) is 1. The molecule has 0 saturated carbocycles. The zero-order valence-corrected chi connectivity index (χ0v) is 15.3. The van der Waals surface area contributed by atoms with Crippen LogP contribution in [0.5, 0.6) is 0 Å². The first-order chi connectivity index (χ1) is 13.1. The van der Waals surface area contributed by atoms with Gasteiger partial charge in [-0.2, -0.15) is 0 Å². The molecule has 0 spiro atoms. The molecule has 0 unspecified atom stereocenters. The van der Waals surface area contributed by atoms with Crippen LogP contribution in [0.25, 0.3) is 0 Å². The van der Waals surface area contributed by atoms with E-state index in [-0.39, 0.29) is 35.9 Å². The summed E-state index contributed by atoms with van der Waals surface area (Å²) in [6.45, 7) is 1.09. The summed E-state index contributed by atoms with van der Waals surface area (Å²) >= 11 is 1.17. The molecule has 1 saturated heterocycles. The van der Waals surface area contributed by atoms with E-state index in [1.165, 1.54) is 21.2 Å². The molecule has 0 bridgehead atoms. The van der Waals surface area contributed by atoms with Crippen molar-refractivity contribution in [3.05, 3.63) is 34.7 Å². The molecule has 10 heteroatoms. The summed E-state index contributed by atoms with van der Waals surface area (Å²) < 4.78 is 7.08. The van der Waals surface area contributed by atoms with Crippen molar-refractivity contribution in [1.82, 2.24) is 14.8 Å². The lowest BCUT2D eigenvalue weighted by atomic mass is 10.2. The van der Waals surface area contributed by atoms with E-state index >= 15 is 0 Å². The second kappa shape index (κ2) is 7.57. The van der Waals surface area contributed by atoms with Crippen LogP contribution in [0.1, 0.15) is 12.8 Å². The first kappa shape index (κ1) is 17.8. The van der Waals surface area contributed by atoms with E-state index in [2.05, 4.69) is 15.5 Å². The molecule has 3 heterocycles. The van der Waals surface area contributed by atoms with Gasteiger partial charge in [-0.25, -0.2) is 9.89 Å². The van der Waals surface area contributed by atoms with Crippen LogP contribution in [0.4, 0.5) is 11.4 Å². The van der Waals surface area contributed by atoms with Crippen molar-refractivity contribution >= 4 is 35.0 Å². The van der Waals surface area contributed by atoms with Gasteiger partial charge in [0.1, 0.15) is 6.54 Å². The number of thioether (sulfide) groups is 1. The smallest absolute Gasteiger partial charge is 0.344 e. The van der Waals surface area contributed by atoms with Crippen molar-refractivity contribution in [2.24, 2.45) is 0 Å². The topological polar surface area (TPSA) is 109 Å². The van der Waals surface area contributed by atoms with Crippen LogP contribution in [-0.4, -0.2) is 51.6 Å². The maximum atomic E-state index is 12.7. The molecule has 2 aliphatic rings. The average molecular weight is 389 g/mol. The molecular formula is C17H19N5O4S. The second-order valence-electron chi connectivity index (χ2n) is 6.39. The molecule has 4 rings (SSSR count). The Bertz CT molecular complexity index is 918. The number of hydrogen-bond donors (Lipinski definition) is 2. The Morgan fingerprint density at radius 3 is 3.00 bits per heavy atom. The number of nitrogens with one attached hydrogen (secondary N) is 2. The van der Waals surface area contributed by atoms with E-state index < -0.39 is 0 Å². The van der Waals surface area contributed by atoms with E-state index in [4.69, 9.17) is 4.74 Å². The molecule has 1 aromatic carbocycles. The molecular weight excluding hydrogens is 370 g/mol. The number of nitrogens with zero attached hydrogens (tertiary/aromatic N) is 3. The lowest BCUT2D eigenvalue weighted by Crippen LogP contribution is -2.43. The van der Waals surface area contributed by atoms with Crippen LogP contribution in [0.3, 0.4) is 0 Å². The number of amides is 2. The highest BCUT2D eigenvalue weighted by molar-refractivity contribution is 7.99. The van der Waals surface area contributed by atoms with Crippen LogP contribution in [0, 0.1) is 0 Å². The Kier molecular flexibility index (Phi) is 4.99. The maximum absolute atomic E-state index is 12.7. The van der Waals surface area contributed by atoms with E-state index in [9.17, 15) is 14.4 Å². The van der Waals surface area contributed by atoms with E-state index in [1.807, 2.05) is 6.07 Å². The zero-order chi connectivity index (χ0) is 18.8. The molecule has 1 aromatic heterocycles. The largest absolute Gasteiger partial charge is 0.376 e. The number of aromatic amines is 1. The summed E-state index contributed by atoms with van der Waals surface area (Å²) in [7, 11) is 0. The number of aromatic nitrogens is 3. The van der Waals surface area contributed by atoms with Crippen LogP contribution >= 0.6 is 11.8 Å². The van der Waals surface area contributed by atoms with Gasteiger partial charge in [0.25, 0.3) is 0 Å². The Morgan fingerprint density at radius 1 is 1.33 bits per heavy atom. The predicted octanol–water partition coefficient (Wildman–Crippen LogP) is 0.828. The fourth-order valence-corrected chi connectivity index (χ4v) is 4.06. The molecule has 2 N–H and O–H groups in total. The first-order valence-corrected chi connectivity index (χ1v) is 9.69. The van der Waals surface area contributed by atoms with Crippen LogP contribution < -0.4 is 15.9 Å². The van der Waals surface area contributed by atoms with Gasteiger partial charge in [0.15, 0.2) is 5.16 Å². The van der Waals surface area contributed by atoms with Gasteiger partial charge in [-0.05, 0) is 25.0 Å². The second-order valence-corrected chi connectivity index (χ2v) is 7.33. The number of carbonyl (C=O) groups is 2. The monoisotopic (exact) mass is 389 g/mol. The molecule has 27 heavy (non-hydrogen) atoms. The number of anilines is 2. The maximum Gasteiger partial charge on any atom is 0.344 e. The van der Waals surface area contributed by atoms with Crippen molar-refractivity contribution in [2.45, 2.75) is 30.6 Å². The third-order valence-corrected chi connectivity index (χ3v) is 5.49. The summed E-state index contributed by atoms with van der Waals surface area (Å²) in [5.41, 5.74) is 0.965. The summed E-state index contributed by atoms with van der Waals surface area (Å²) in [6.07, 6.45) is 1.88. The third-order valence-electron chi connectivity index (χ3n) is 4.53.